The van der Waals surface area contributed by atoms with E-state index in [2.05, 4.69) is 21.5 Å². The van der Waals surface area contributed by atoms with Crippen LogP contribution < -0.4 is 5.73 Å². The van der Waals surface area contributed by atoms with Crippen LogP contribution in [0.3, 0.4) is 0 Å². The van der Waals surface area contributed by atoms with Crippen LogP contribution in [-0.2, 0) is 11.3 Å². The van der Waals surface area contributed by atoms with E-state index in [1.165, 1.54) is 17.3 Å². The number of fused-ring (bicyclic) bond motifs is 1. The minimum atomic E-state index is -0.400. The minimum absolute atomic E-state index is 0.195. The van der Waals surface area contributed by atoms with Crippen LogP contribution in [0.4, 0.5) is 10.6 Å². The van der Waals surface area contributed by atoms with E-state index in [-0.39, 0.29) is 6.61 Å². The molecule has 2 aromatic rings. The molecule has 0 aliphatic heterocycles. The number of nitrogens with zero attached hydrogens (tertiary/aromatic N) is 5. The second-order valence-corrected chi connectivity index (χ2v) is 4.16. The fraction of sp³-hybridized carbons (Fsp3) is 0.333. The van der Waals surface area contributed by atoms with Gasteiger partial charge in [0, 0.05) is 20.1 Å². The van der Waals surface area contributed by atoms with E-state index in [0.717, 1.165) is 0 Å². The van der Waals surface area contributed by atoms with Gasteiger partial charge in [-0.2, -0.15) is 0 Å². The van der Waals surface area contributed by atoms with Gasteiger partial charge in [-0.15, -0.1) is 0 Å². The molecule has 8 nitrogen and oxygen atoms in total. The van der Waals surface area contributed by atoms with Gasteiger partial charge < -0.3 is 19.9 Å². The summed E-state index contributed by atoms with van der Waals surface area (Å²) in [6, 6.07) is 0. The molecule has 0 saturated heterocycles. The average molecular weight is 276 g/mol. The first-order valence-corrected chi connectivity index (χ1v) is 6.03. The van der Waals surface area contributed by atoms with Crippen molar-refractivity contribution in [3.05, 3.63) is 25.3 Å². The SMILES string of the molecule is C=CCOC(=O)N(C)CCn1cnc2c(N)ncnc21. The lowest BCUT2D eigenvalue weighted by atomic mass is 10.5. The Morgan fingerprint density at radius 3 is 3.10 bits per heavy atom. The number of carbonyl (C=O) groups excluding carboxylic acids is 1. The van der Waals surface area contributed by atoms with E-state index < -0.39 is 6.09 Å². The molecule has 0 atom stereocenters. The van der Waals surface area contributed by atoms with Crippen LogP contribution >= 0.6 is 0 Å². The summed E-state index contributed by atoms with van der Waals surface area (Å²) in [5.41, 5.74) is 6.91. The van der Waals surface area contributed by atoms with Crippen LogP contribution in [0.25, 0.3) is 11.2 Å². The van der Waals surface area contributed by atoms with Gasteiger partial charge in [-0.05, 0) is 0 Å². The van der Waals surface area contributed by atoms with Crippen molar-refractivity contribution in [2.75, 3.05) is 25.9 Å². The third kappa shape index (κ3) is 2.85. The van der Waals surface area contributed by atoms with E-state index in [1.54, 1.807) is 13.4 Å². The quantitative estimate of drug-likeness (QED) is 0.805. The fourth-order valence-electron chi connectivity index (χ4n) is 1.65. The van der Waals surface area contributed by atoms with Gasteiger partial charge in [-0.25, -0.2) is 19.7 Å². The number of nitrogen functional groups attached to an aromatic ring is 1. The minimum Gasteiger partial charge on any atom is -0.445 e. The highest BCUT2D eigenvalue weighted by Gasteiger charge is 2.11. The molecule has 0 aromatic carbocycles. The second-order valence-electron chi connectivity index (χ2n) is 4.16. The fourth-order valence-corrected chi connectivity index (χ4v) is 1.65. The van der Waals surface area contributed by atoms with Crippen molar-refractivity contribution in [2.45, 2.75) is 6.54 Å². The van der Waals surface area contributed by atoms with Crippen LogP contribution in [0, 0.1) is 0 Å². The van der Waals surface area contributed by atoms with Gasteiger partial charge >= 0.3 is 6.09 Å². The third-order valence-electron chi connectivity index (χ3n) is 2.74. The Hall–Kier alpha value is -2.64. The number of hydrogen-bond acceptors (Lipinski definition) is 6. The Balaban J connectivity index is 2.01. The van der Waals surface area contributed by atoms with Gasteiger partial charge in [0.05, 0.1) is 6.33 Å². The maximum Gasteiger partial charge on any atom is 0.409 e. The molecule has 0 spiro atoms. The molecule has 106 valence electrons. The Morgan fingerprint density at radius 1 is 1.55 bits per heavy atom. The molecule has 2 N–H and O–H groups in total. The molecule has 1 amide bonds. The third-order valence-corrected chi connectivity index (χ3v) is 2.74. The molecule has 0 bridgehead atoms. The number of likely N-dealkylation sites (N-methyl/N-ethyl adjacent to an activating group) is 1. The van der Waals surface area contributed by atoms with Crippen LogP contribution in [0.15, 0.2) is 25.3 Å². The molecule has 8 heteroatoms. The zero-order valence-corrected chi connectivity index (χ0v) is 11.2. The van der Waals surface area contributed by atoms with Crippen LogP contribution in [0.1, 0.15) is 0 Å². The Morgan fingerprint density at radius 2 is 2.35 bits per heavy atom. The van der Waals surface area contributed by atoms with Gasteiger partial charge in [0.2, 0.25) is 0 Å². The van der Waals surface area contributed by atoms with Crippen LogP contribution in [0.5, 0.6) is 0 Å². The zero-order valence-electron chi connectivity index (χ0n) is 11.2. The molecule has 0 radical (unpaired) electrons. The number of hydrogen-bond donors (Lipinski definition) is 1. The highest BCUT2D eigenvalue weighted by molar-refractivity contribution is 5.81. The predicted octanol–water partition coefficient (Wildman–Crippen LogP) is 0.663. The van der Waals surface area contributed by atoms with Crippen molar-refractivity contribution in [3.63, 3.8) is 0 Å². The Bertz CT molecular complexity index is 623. The summed E-state index contributed by atoms with van der Waals surface area (Å²) in [4.78, 5) is 25.2. The molecule has 2 aromatic heterocycles. The van der Waals surface area contributed by atoms with Crippen molar-refractivity contribution < 1.29 is 9.53 Å². The van der Waals surface area contributed by atoms with E-state index in [4.69, 9.17) is 10.5 Å². The number of imidazole rings is 1. The number of amides is 1. The highest BCUT2D eigenvalue weighted by Crippen LogP contribution is 2.13. The maximum atomic E-state index is 11.6. The van der Waals surface area contributed by atoms with E-state index in [0.29, 0.717) is 30.1 Å². The summed E-state index contributed by atoms with van der Waals surface area (Å²) in [6.07, 6.45) is 4.13. The van der Waals surface area contributed by atoms with E-state index in [9.17, 15) is 4.79 Å². The summed E-state index contributed by atoms with van der Waals surface area (Å²) in [5.74, 6) is 0.340. The number of anilines is 1. The summed E-state index contributed by atoms with van der Waals surface area (Å²) in [6.45, 7) is 4.68. The molecular weight excluding hydrogens is 260 g/mol. The summed E-state index contributed by atoms with van der Waals surface area (Å²) >= 11 is 0. The van der Waals surface area contributed by atoms with E-state index >= 15 is 0 Å². The normalized spacial score (nSPS) is 10.4. The van der Waals surface area contributed by atoms with Crippen LogP contribution in [-0.4, -0.2) is 50.7 Å². The predicted molar refractivity (Wildman–Crippen MR) is 73.9 cm³/mol. The monoisotopic (exact) mass is 276 g/mol. The molecule has 20 heavy (non-hydrogen) atoms. The first kappa shape index (κ1) is 13.8. The number of nitrogens with two attached hydrogens (primary N) is 1. The maximum absolute atomic E-state index is 11.6. The molecule has 0 saturated carbocycles. The molecular formula is C12H16N6O2. The highest BCUT2D eigenvalue weighted by atomic mass is 16.6. The smallest absolute Gasteiger partial charge is 0.409 e. The van der Waals surface area contributed by atoms with Gasteiger partial charge in [0.25, 0.3) is 0 Å². The Kier molecular flexibility index (Phi) is 4.14. The van der Waals surface area contributed by atoms with Gasteiger partial charge in [-0.3, -0.25) is 0 Å². The van der Waals surface area contributed by atoms with Crippen molar-refractivity contribution in [3.8, 4) is 0 Å². The van der Waals surface area contributed by atoms with Crippen molar-refractivity contribution in [1.29, 1.82) is 0 Å². The lowest BCUT2D eigenvalue weighted by Crippen LogP contribution is -2.30. The standard InChI is InChI=1S/C12H16N6O2/c1-3-6-20-12(19)17(2)4-5-18-8-16-9-10(13)14-7-15-11(9)18/h3,7-8H,1,4-6H2,2H3,(H2,13,14,15). The first-order chi connectivity index (χ1) is 9.63. The van der Waals surface area contributed by atoms with Gasteiger partial charge in [-0.1, -0.05) is 12.7 Å². The van der Waals surface area contributed by atoms with Crippen molar-refractivity contribution >= 4 is 23.1 Å². The molecule has 2 rings (SSSR count). The zero-order chi connectivity index (χ0) is 14.5. The molecule has 2 heterocycles. The second kappa shape index (κ2) is 6.00. The average Bonchev–Trinajstić information content (AvgIpc) is 2.86. The molecule has 0 aliphatic rings. The first-order valence-electron chi connectivity index (χ1n) is 6.03. The topological polar surface area (TPSA) is 99.2 Å². The van der Waals surface area contributed by atoms with E-state index in [1.807, 2.05) is 4.57 Å². The lowest BCUT2D eigenvalue weighted by Gasteiger charge is -2.16. The summed E-state index contributed by atoms with van der Waals surface area (Å²) in [7, 11) is 1.66. The van der Waals surface area contributed by atoms with Crippen molar-refractivity contribution in [1.82, 2.24) is 24.4 Å². The number of ether oxygens (including phenoxy) is 1. The van der Waals surface area contributed by atoms with Crippen molar-refractivity contribution in [2.24, 2.45) is 0 Å². The molecule has 0 unspecified atom stereocenters. The molecule has 0 fully saturated rings. The Labute approximate surface area is 115 Å². The number of aromatic nitrogens is 4. The van der Waals surface area contributed by atoms with Crippen LogP contribution in [0.2, 0.25) is 0 Å². The summed E-state index contributed by atoms with van der Waals surface area (Å²) < 4.78 is 6.74. The van der Waals surface area contributed by atoms with Gasteiger partial charge in [0.15, 0.2) is 11.5 Å². The van der Waals surface area contributed by atoms with Gasteiger partial charge in [0.1, 0.15) is 18.5 Å². The summed E-state index contributed by atoms with van der Waals surface area (Å²) in [5, 5.41) is 0. The number of rotatable bonds is 5. The number of carbonyl (C=O) groups is 1. The molecule has 0 aliphatic carbocycles. The lowest BCUT2D eigenvalue weighted by molar-refractivity contribution is 0.120. The largest absolute Gasteiger partial charge is 0.445 e.